The molecule has 5 heteroatoms. The average molecular weight is 278 g/mol. The first-order chi connectivity index (χ1) is 9.69. The third kappa shape index (κ3) is 2.47. The molecular formula is C15H22N2O3. The van der Waals surface area contributed by atoms with E-state index in [0.717, 1.165) is 25.1 Å². The van der Waals surface area contributed by atoms with Gasteiger partial charge >= 0.3 is 0 Å². The van der Waals surface area contributed by atoms with Gasteiger partial charge in [-0.25, -0.2) is 0 Å². The van der Waals surface area contributed by atoms with Crippen molar-refractivity contribution in [2.45, 2.75) is 38.8 Å². The Bertz CT molecular complexity index is 491. The first-order valence-corrected chi connectivity index (χ1v) is 7.42. The van der Waals surface area contributed by atoms with E-state index in [1.54, 1.807) is 6.07 Å². The normalized spacial score (nSPS) is 23.7. The third-order valence-corrected chi connectivity index (χ3v) is 4.43. The van der Waals surface area contributed by atoms with Crippen molar-refractivity contribution >= 4 is 5.91 Å². The van der Waals surface area contributed by atoms with Crippen LogP contribution in [-0.2, 0) is 6.61 Å². The van der Waals surface area contributed by atoms with Gasteiger partial charge in [0.2, 0.25) is 0 Å². The molecule has 1 atom stereocenters. The van der Waals surface area contributed by atoms with Gasteiger partial charge in [-0.05, 0) is 45.3 Å². The minimum absolute atomic E-state index is 0.0381. The first-order valence-electron chi connectivity index (χ1n) is 7.42. The summed E-state index contributed by atoms with van der Waals surface area (Å²) >= 11 is 0. The van der Waals surface area contributed by atoms with E-state index in [-0.39, 0.29) is 12.5 Å². The second-order valence-electron chi connectivity index (χ2n) is 5.82. The van der Waals surface area contributed by atoms with E-state index < -0.39 is 0 Å². The van der Waals surface area contributed by atoms with E-state index in [1.165, 1.54) is 25.9 Å². The first kappa shape index (κ1) is 13.6. The molecule has 3 heterocycles. The maximum absolute atomic E-state index is 12.5. The predicted octanol–water partition coefficient (Wildman–Crippen LogP) is 1.39. The van der Waals surface area contributed by atoms with Gasteiger partial charge in [0.1, 0.15) is 12.4 Å². The van der Waals surface area contributed by atoms with E-state index in [9.17, 15) is 4.79 Å². The zero-order valence-electron chi connectivity index (χ0n) is 12.0. The predicted molar refractivity (Wildman–Crippen MR) is 74.5 cm³/mol. The van der Waals surface area contributed by atoms with Gasteiger partial charge in [-0.15, -0.1) is 0 Å². The van der Waals surface area contributed by atoms with Gasteiger partial charge in [0.25, 0.3) is 5.91 Å². The van der Waals surface area contributed by atoms with E-state index in [1.807, 2.05) is 11.8 Å². The van der Waals surface area contributed by atoms with Crippen LogP contribution in [0.15, 0.2) is 10.5 Å². The SMILES string of the molecule is Cc1cc(CO)oc1C(=O)N1CCC(N2CCCC2)C1. The average Bonchev–Trinajstić information content (AvgIpc) is 3.17. The fraction of sp³-hybridized carbons (Fsp3) is 0.667. The van der Waals surface area contributed by atoms with Crippen molar-refractivity contribution < 1.29 is 14.3 Å². The molecule has 1 N–H and O–H groups in total. The van der Waals surface area contributed by atoms with Gasteiger partial charge in [-0.2, -0.15) is 0 Å². The van der Waals surface area contributed by atoms with Crippen molar-refractivity contribution in [2.24, 2.45) is 0 Å². The molecule has 2 saturated heterocycles. The summed E-state index contributed by atoms with van der Waals surface area (Å²) in [5.41, 5.74) is 0.809. The van der Waals surface area contributed by atoms with Gasteiger partial charge in [-0.1, -0.05) is 0 Å². The van der Waals surface area contributed by atoms with Gasteiger partial charge in [0.15, 0.2) is 5.76 Å². The summed E-state index contributed by atoms with van der Waals surface area (Å²) in [6.45, 7) is 5.62. The number of hydrogen-bond acceptors (Lipinski definition) is 4. The van der Waals surface area contributed by atoms with Crippen LogP contribution in [0.4, 0.5) is 0 Å². The lowest BCUT2D eigenvalue weighted by molar-refractivity contribution is 0.0743. The molecule has 110 valence electrons. The molecular weight excluding hydrogens is 256 g/mol. The highest BCUT2D eigenvalue weighted by molar-refractivity contribution is 5.93. The number of carbonyl (C=O) groups is 1. The van der Waals surface area contributed by atoms with Gasteiger partial charge in [0.05, 0.1) is 0 Å². The summed E-state index contributed by atoms with van der Waals surface area (Å²) in [7, 11) is 0. The van der Waals surface area contributed by atoms with Crippen molar-refractivity contribution in [2.75, 3.05) is 26.2 Å². The number of amides is 1. The summed E-state index contributed by atoms with van der Waals surface area (Å²) in [6.07, 6.45) is 3.61. The molecule has 2 fully saturated rings. The number of aliphatic hydroxyl groups is 1. The third-order valence-electron chi connectivity index (χ3n) is 4.43. The van der Waals surface area contributed by atoms with Crippen LogP contribution in [0.25, 0.3) is 0 Å². The Kier molecular flexibility index (Phi) is 3.81. The number of likely N-dealkylation sites (tertiary alicyclic amines) is 2. The number of aryl methyl sites for hydroxylation is 1. The van der Waals surface area contributed by atoms with Crippen LogP contribution in [0.1, 0.15) is 41.1 Å². The summed E-state index contributed by atoms with van der Waals surface area (Å²) in [6, 6.07) is 2.25. The standard InChI is InChI=1S/C15H22N2O3/c1-11-8-13(10-18)20-14(11)15(19)17-7-4-12(9-17)16-5-2-3-6-16/h8,12,18H,2-7,9-10H2,1H3. The molecule has 1 unspecified atom stereocenters. The smallest absolute Gasteiger partial charge is 0.289 e. The number of aliphatic hydroxyl groups excluding tert-OH is 1. The molecule has 0 spiro atoms. The molecule has 5 nitrogen and oxygen atoms in total. The molecule has 20 heavy (non-hydrogen) atoms. The minimum atomic E-state index is -0.162. The quantitative estimate of drug-likeness (QED) is 0.908. The van der Waals surface area contributed by atoms with E-state index in [4.69, 9.17) is 9.52 Å². The van der Waals surface area contributed by atoms with Crippen LogP contribution in [0.3, 0.4) is 0 Å². The second kappa shape index (κ2) is 5.58. The highest BCUT2D eigenvalue weighted by atomic mass is 16.4. The minimum Gasteiger partial charge on any atom is -0.453 e. The maximum Gasteiger partial charge on any atom is 0.289 e. The lowest BCUT2D eigenvalue weighted by atomic mass is 10.2. The fourth-order valence-electron chi connectivity index (χ4n) is 3.31. The lowest BCUT2D eigenvalue weighted by Crippen LogP contribution is -2.37. The van der Waals surface area contributed by atoms with E-state index in [2.05, 4.69) is 4.90 Å². The number of furan rings is 1. The Balaban J connectivity index is 1.67. The van der Waals surface area contributed by atoms with Gasteiger partial charge < -0.3 is 14.4 Å². The number of rotatable bonds is 3. The van der Waals surface area contributed by atoms with Crippen LogP contribution in [0, 0.1) is 6.92 Å². The second-order valence-corrected chi connectivity index (χ2v) is 5.82. The molecule has 3 rings (SSSR count). The van der Waals surface area contributed by atoms with Crippen molar-refractivity contribution in [3.63, 3.8) is 0 Å². The molecule has 0 bridgehead atoms. The molecule has 2 aliphatic rings. The van der Waals surface area contributed by atoms with Crippen LogP contribution in [0.2, 0.25) is 0 Å². The highest BCUT2D eigenvalue weighted by Gasteiger charge is 2.33. The fourth-order valence-corrected chi connectivity index (χ4v) is 3.31. The monoisotopic (exact) mass is 278 g/mol. The van der Waals surface area contributed by atoms with Crippen LogP contribution in [0.5, 0.6) is 0 Å². The van der Waals surface area contributed by atoms with E-state index >= 15 is 0 Å². The maximum atomic E-state index is 12.5. The summed E-state index contributed by atoms with van der Waals surface area (Å²) in [5, 5.41) is 9.08. The lowest BCUT2D eigenvalue weighted by Gasteiger charge is -2.23. The molecule has 1 aromatic heterocycles. The summed E-state index contributed by atoms with van der Waals surface area (Å²) < 4.78 is 5.44. The largest absolute Gasteiger partial charge is 0.453 e. The summed E-state index contributed by atoms with van der Waals surface area (Å²) in [5.74, 6) is 0.807. The van der Waals surface area contributed by atoms with Crippen molar-refractivity contribution in [3.05, 3.63) is 23.2 Å². The van der Waals surface area contributed by atoms with Crippen molar-refractivity contribution in [1.29, 1.82) is 0 Å². The molecule has 0 radical (unpaired) electrons. The zero-order valence-corrected chi connectivity index (χ0v) is 12.0. The zero-order chi connectivity index (χ0) is 14.1. The van der Waals surface area contributed by atoms with Crippen LogP contribution >= 0.6 is 0 Å². The molecule has 1 aromatic rings. The number of hydrogen-bond donors (Lipinski definition) is 1. The van der Waals surface area contributed by atoms with E-state index in [0.29, 0.717) is 17.6 Å². The number of nitrogens with zero attached hydrogens (tertiary/aromatic N) is 2. The Morgan fingerprint density at radius 2 is 2.15 bits per heavy atom. The molecule has 2 aliphatic heterocycles. The molecule has 1 amide bonds. The Morgan fingerprint density at radius 1 is 1.40 bits per heavy atom. The van der Waals surface area contributed by atoms with Gasteiger partial charge in [-0.3, -0.25) is 9.69 Å². The van der Waals surface area contributed by atoms with Crippen molar-refractivity contribution in [3.8, 4) is 0 Å². The Hall–Kier alpha value is -1.33. The van der Waals surface area contributed by atoms with Crippen LogP contribution in [-0.4, -0.2) is 53.0 Å². The summed E-state index contributed by atoms with van der Waals surface area (Å²) in [4.78, 5) is 16.9. The Morgan fingerprint density at radius 3 is 2.80 bits per heavy atom. The topological polar surface area (TPSA) is 56.9 Å². The van der Waals surface area contributed by atoms with Crippen LogP contribution < -0.4 is 0 Å². The highest BCUT2D eigenvalue weighted by Crippen LogP contribution is 2.23. The molecule has 0 aliphatic carbocycles. The molecule has 0 saturated carbocycles. The Labute approximate surface area is 119 Å². The molecule has 0 aromatic carbocycles. The number of carbonyl (C=O) groups excluding carboxylic acids is 1. The van der Waals surface area contributed by atoms with Gasteiger partial charge in [0, 0.05) is 24.7 Å². The van der Waals surface area contributed by atoms with Crippen molar-refractivity contribution in [1.82, 2.24) is 9.80 Å².